The fraction of sp³-hybridized carbons (Fsp3) is 0.333. The van der Waals surface area contributed by atoms with Crippen LogP contribution >= 0.6 is 11.6 Å². The number of hydrogen-bond donors (Lipinski definition) is 3. The minimum Gasteiger partial charge on any atom is -0.397 e. The first-order valence-corrected chi connectivity index (χ1v) is 4.75. The number of carbonyl (C=O) groups is 1. The minimum absolute atomic E-state index is 0.0901. The fourth-order valence-corrected chi connectivity index (χ4v) is 1.15. The van der Waals surface area contributed by atoms with Crippen molar-refractivity contribution in [3.05, 3.63) is 23.0 Å². The molecule has 1 aromatic heterocycles. The Balaban J connectivity index is 2.77. The monoisotopic (exact) mass is 229 g/mol. The molecule has 0 bridgehead atoms. The van der Waals surface area contributed by atoms with Crippen LogP contribution < -0.4 is 11.1 Å². The van der Waals surface area contributed by atoms with Gasteiger partial charge >= 0.3 is 0 Å². The molecule has 15 heavy (non-hydrogen) atoms. The van der Waals surface area contributed by atoms with E-state index in [0.717, 1.165) is 0 Å². The molecule has 1 atom stereocenters. The van der Waals surface area contributed by atoms with E-state index >= 15 is 0 Å². The summed E-state index contributed by atoms with van der Waals surface area (Å²) in [6.07, 6.45) is 0.759. The first kappa shape index (κ1) is 11.7. The number of halogens is 1. The van der Waals surface area contributed by atoms with Gasteiger partial charge in [0.1, 0.15) is 5.15 Å². The molecular weight excluding hydrogens is 218 g/mol. The number of hydrogen-bond acceptors (Lipinski definition) is 4. The molecule has 0 saturated heterocycles. The average Bonchev–Trinajstić information content (AvgIpc) is 2.18. The smallest absolute Gasteiger partial charge is 0.254 e. The summed E-state index contributed by atoms with van der Waals surface area (Å²) in [5, 5.41) is 11.6. The normalized spacial score (nSPS) is 12.2. The molecule has 0 radical (unpaired) electrons. The van der Waals surface area contributed by atoms with Crippen LogP contribution in [0.15, 0.2) is 12.3 Å². The number of amides is 1. The second-order valence-electron chi connectivity index (χ2n) is 3.17. The van der Waals surface area contributed by atoms with Crippen molar-refractivity contribution in [1.82, 2.24) is 10.3 Å². The van der Waals surface area contributed by atoms with E-state index in [1.54, 1.807) is 6.92 Å². The van der Waals surface area contributed by atoms with Gasteiger partial charge in [0.15, 0.2) is 0 Å². The SMILES string of the molecule is C[C@@H](O)CNC(=O)c1cc(N)cnc1Cl. The van der Waals surface area contributed by atoms with Crippen LogP contribution in [-0.2, 0) is 0 Å². The van der Waals surface area contributed by atoms with E-state index in [9.17, 15) is 4.79 Å². The van der Waals surface area contributed by atoms with Gasteiger partial charge in [0.25, 0.3) is 5.91 Å². The van der Waals surface area contributed by atoms with Crippen molar-refractivity contribution in [3.63, 3.8) is 0 Å². The van der Waals surface area contributed by atoms with E-state index < -0.39 is 12.0 Å². The number of nitrogens with one attached hydrogen (secondary N) is 1. The van der Waals surface area contributed by atoms with Crippen LogP contribution in [0.3, 0.4) is 0 Å². The Morgan fingerprint density at radius 3 is 3.07 bits per heavy atom. The number of nitrogens with two attached hydrogens (primary N) is 1. The highest BCUT2D eigenvalue weighted by atomic mass is 35.5. The number of nitrogen functional groups attached to an aromatic ring is 1. The third-order valence-electron chi connectivity index (χ3n) is 1.66. The number of rotatable bonds is 3. The maximum atomic E-state index is 11.5. The van der Waals surface area contributed by atoms with Crippen molar-refractivity contribution in [2.45, 2.75) is 13.0 Å². The molecule has 6 heteroatoms. The molecule has 1 amide bonds. The van der Waals surface area contributed by atoms with Crippen molar-refractivity contribution in [2.24, 2.45) is 0 Å². The van der Waals surface area contributed by atoms with Crippen LogP contribution in [0.4, 0.5) is 5.69 Å². The number of nitrogens with zero attached hydrogens (tertiary/aromatic N) is 1. The average molecular weight is 230 g/mol. The summed E-state index contributed by atoms with van der Waals surface area (Å²) in [5.74, 6) is -0.402. The van der Waals surface area contributed by atoms with Crippen LogP contribution in [0.1, 0.15) is 17.3 Å². The quantitative estimate of drug-likeness (QED) is 0.656. The number of aliphatic hydroxyl groups is 1. The zero-order valence-electron chi connectivity index (χ0n) is 8.20. The lowest BCUT2D eigenvalue weighted by molar-refractivity contribution is 0.0924. The standard InChI is InChI=1S/C9H12ClN3O2/c1-5(14)3-13-9(15)7-2-6(11)4-12-8(7)10/h2,4-5,14H,3,11H2,1H3,(H,13,15)/t5-/m1/s1. The zero-order valence-corrected chi connectivity index (χ0v) is 8.95. The molecule has 5 nitrogen and oxygen atoms in total. The van der Waals surface area contributed by atoms with Crippen molar-refractivity contribution in [1.29, 1.82) is 0 Å². The molecule has 1 rings (SSSR count). The summed E-state index contributed by atoms with van der Waals surface area (Å²) >= 11 is 5.72. The Hall–Kier alpha value is -1.33. The molecule has 1 heterocycles. The van der Waals surface area contributed by atoms with Crippen molar-refractivity contribution in [3.8, 4) is 0 Å². The molecule has 0 saturated carbocycles. The topological polar surface area (TPSA) is 88.2 Å². The first-order chi connectivity index (χ1) is 7.00. The summed E-state index contributed by atoms with van der Waals surface area (Å²) in [4.78, 5) is 15.3. The van der Waals surface area contributed by atoms with Crippen molar-refractivity contribution < 1.29 is 9.90 Å². The lowest BCUT2D eigenvalue weighted by Gasteiger charge is -2.08. The van der Waals surface area contributed by atoms with Crippen LogP contribution in [0.5, 0.6) is 0 Å². The molecule has 82 valence electrons. The molecule has 0 aliphatic rings. The molecule has 1 aromatic rings. The Labute approximate surface area is 92.3 Å². The highest BCUT2D eigenvalue weighted by Gasteiger charge is 2.11. The Morgan fingerprint density at radius 1 is 1.80 bits per heavy atom. The predicted octanol–water partition coefficient (Wildman–Crippen LogP) is 0.428. The second-order valence-corrected chi connectivity index (χ2v) is 3.52. The summed E-state index contributed by atoms with van der Waals surface area (Å²) in [6, 6.07) is 1.44. The Kier molecular flexibility index (Phi) is 3.88. The number of carbonyl (C=O) groups excluding carboxylic acids is 1. The maximum Gasteiger partial charge on any atom is 0.254 e. The molecule has 0 aliphatic heterocycles. The van der Waals surface area contributed by atoms with E-state index in [0.29, 0.717) is 5.69 Å². The van der Waals surface area contributed by atoms with Gasteiger partial charge in [-0.15, -0.1) is 0 Å². The molecule has 0 fully saturated rings. The molecule has 0 spiro atoms. The fourth-order valence-electron chi connectivity index (χ4n) is 0.959. The van der Waals surface area contributed by atoms with Crippen molar-refractivity contribution >= 4 is 23.2 Å². The summed E-state index contributed by atoms with van der Waals surface area (Å²) in [7, 11) is 0. The molecule has 0 aliphatic carbocycles. The van der Waals surface area contributed by atoms with Crippen LogP contribution in [0.2, 0.25) is 5.15 Å². The lowest BCUT2D eigenvalue weighted by Crippen LogP contribution is -2.30. The Bertz CT molecular complexity index is 368. The highest BCUT2D eigenvalue weighted by Crippen LogP contribution is 2.15. The predicted molar refractivity (Wildman–Crippen MR) is 57.7 cm³/mol. The Morgan fingerprint density at radius 2 is 2.47 bits per heavy atom. The number of pyridine rings is 1. The van der Waals surface area contributed by atoms with Gasteiger partial charge in [-0.25, -0.2) is 4.98 Å². The summed E-state index contributed by atoms with van der Waals surface area (Å²) < 4.78 is 0. The van der Waals surface area contributed by atoms with E-state index in [1.807, 2.05) is 0 Å². The largest absolute Gasteiger partial charge is 0.397 e. The second kappa shape index (κ2) is 4.95. The summed E-state index contributed by atoms with van der Waals surface area (Å²) in [6.45, 7) is 1.73. The van der Waals surface area contributed by atoms with Crippen LogP contribution in [0.25, 0.3) is 0 Å². The molecule has 4 N–H and O–H groups in total. The molecule has 0 unspecified atom stereocenters. The third kappa shape index (κ3) is 3.38. The lowest BCUT2D eigenvalue weighted by atomic mass is 10.2. The van der Waals surface area contributed by atoms with Gasteiger partial charge in [0.05, 0.1) is 23.6 Å². The minimum atomic E-state index is -0.609. The van der Waals surface area contributed by atoms with Gasteiger partial charge < -0.3 is 16.2 Å². The van der Waals surface area contributed by atoms with Gasteiger partial charge in [-0.2, -0.15) is 0 Å². The molecular formula is C9H12ClN3O2. The van der Waals surface area contributed by atoms with Gasteiger partial charge in [0, 0.05) is 6.54 Å². The molecule has 0 aromatic carbocycles. The number of aliphatic hydroxyl groups excluding tert-OH is 1. The van der Waals surface area contributed by atoms with Crippen molar-refractivity contribution in [2.75, 3.05) is 12.3 Å². The maximum absolute atomic E-state index is 11.5. The van der Waals surface area contributed by atoms with Crippen LogP contribution in [0, 0.1) is 0 Å². The van der Waals surface area contributed by atoms with E-state index in [4.69, 9.17) is 22.4 Å². The van der Waals surface area contributed by atoms with E-state index in [2.05, 4.69) is 10.3 Å². The first-order valence-electron chi connectivity index (χ1n) is 4.38. The summed E-state index contributed by atoms with van der Waals surface area (Å²) in [5.41, 5.74) is 6.04. The van der Waals surface area contributed by atoms with Crippen LogP contribution in [-0.4, -0.2) is 28.6 Å². The van der Waals surface area contributed by atoms with E-state index in [-0.39, 0.29) is 17.3 Å². The van der Waals surface area contributed by atoms with Gasteiger partial charge in [0.2, 0.25) is 0 Å². The van der Waals surface area contributed by atoms with Gasteiger partial charge in [-0.1, -0.05) is 11.6 Å². The van der Waals surface area contributed by atoms with Gasteiger partial charge in [-0.3, -0.25) is 4.79 Å². The van der Waals surface area contributed by atoms with E-state index in [1.165, 1.54) is 12.3 Å². The third-order valence-corrected chi connectivity index (χ3v) is 1.96. The highest BCUT2D eigenvalue weighted by molar-refractivity contribution is 6.32. The number of aromatic nitrogens is 1. The van der Waals surface area contributed by atoms with Gasteiger partial charge in [-0.05, 0) is 13.0 Å². The zero-order chi connectivity index (χ0) is 11.4. The number of anilines is 1.